The summed E-state index contributed by atoms with van der Waals surface area (Å²) in [6, 6.07) is 0. The molecular weight excluding hydrogens is 260 g/mol. The van der Waals surface area contributed by atoms with Gasteiger partial charge in [0.25, 0.3) is 0 Å². The largest absolute Gasteiger partial charge is 0.465 e. The number of hydrogen-bond acceptors (Lipinski definition) is 4. The number of rotatable bonds is 5. The molecule has 0 atom stereocenters. The molecule has 0 aromatic heterocycles. The van der Waals surface area contributed by atoms with Crippen molar-refractivity contribution in [2.45, 2.75) is 25.3 Å². The molecule has 0 spiro atoms. The molecule has 0 saturated heterocycles. The zero-order valence-electron chi connectivity index (χ0n) is 11.4. The summed E-state index contributed by atoms with van der Waals surface area (Å²) in [5.74, 6) is -0.958. The zero-order valence-corrected chi connectivity index (χ0v) is 11.4. The summed E-state index contributed by atoms with van der Waals surface area (Å²) in [5, 5.41) is 2.57. The Bertz CT molecular complexity index is 474. The van der Waals surface area contributed by atoms with Gasteiger partial charge in [0.15, 0.2) is 0 Å². The van der Waals surface area contributed by atoms with Gasteiger partial charge in [-0.05, 0) is 19.8 Å². The molecule has 2 aliphatic rings. The Hall–Kier alpha value is -2.11. The minimum Gasteiger partial charge on any atom is -0.465 e. The van der Waals surface area contributed by atoms with E-state index >= 15 is 0 Å². The first-order chi connectivity index (χ1) is 9.60. The first kappa shape index (κ1) is 14.3. The maximum Gasteiger partial charge on any atom is 0.325 e. The smallest absolute Gasteiger partial charge is 0.325 e. The van der Waals surface area contributed by atoms with Crippen molar-refractivity contribution in [1.82, 2.24) is 10.2 Å². The summed E-state index contributed by atoms with van der Waals surface area (Å²) in [4.78, 5) is 37.1. The lowest BCUT2D eigenvalue weighted by Gasteiger charge is -2.37. The molecule has 0 aromatic rings. The van der Waals surface area contributed by atoms with E-state index in [9.17, 15) is 14.4 Å². The van der Waals surface area contributed by atoms with E-state index in [1.54, 1.807) is 17.9 Å². The molecule has 1 heterocycles. The van der Waals surface area contributed by atoms with E-state index in [-0.39, 0.29) is 25.0 Å². The Labute approximate surface area is 117 Å². The highest BCUT2D eigenvalue weighted by atomic mass is 16.5. The van der Waals surface area contributed by atoms with Crippen LogP contribution >= 0.6 is 0 Å². The quantitative estimate of drug-likeness (QED) is 0.574. The van der Waals surface area contributed by atoms with Crippen LogP contribution in [0.5, 0.6) is 0 Å². The first-order valence-electron chi connectivity index (χ1n) is 6.67. The van der Waals surface area contributed by atoms with Crippen molar-refractivity contribution < 1.29 is 19.1 Å². The van der Waals surface area contributed by atoms with Gasteiger partial charge >= 0.3 is 5.97 Å². The van der Waals surface area contributed by atoms with Gasteiger partial charge in [0.2, 0.25) is 11.8 Å². The SMILES string of the molecule is CCOC(=O)CNC(=O)C1(N2CC=CC2=O)CC=CC1. The van der Waals surface area contributed by atoms with Crippen molar-refractivity contribution >= 4 is 17.8 Å². The number of hydrogen-bond donors (Lipinski definition) is 1. The molecule has 0 unspecified atom stereocenters. The van der Waals surface area contributed by atoms with Crippen molar-refractivity contribution in [2.75, 3.05) is 19.7 Å². The summed E-state index contributed by atoms with van der Waals surface area (Å²) >= 11 is 0. The fourth-order valence-electron chi connectivity index (χ4n) is 2.52. The molecular formula is C14H18N2O4. The second kappa shape index (κ2) is 5.90. The van der Waals surface area contributed by atoms with E-state index in [0.717, 1.165) is 0 Å². The monoisotopic (exact) mass is 278 g/mol. The average molecular weight is 278 g/mol. The lowest BCUT2D eigenvalue weighted by Crippen LogP contribution is -2.58. The van der Waals surface area contributed by atoms with Crippen LogP contribution in [0.3, 0.4) is 0 Å². The summed E-state index contributed by atoms with van der Waals surface area (Å²) < 4.78 is 4.77. The van der Waals surface area contributed by atoms with Gasteiger partial charge in [-0.1, -0.05) is 18.2 Å². The molecule has 0 radical (unpaired) electrons. The van der Waals surface area contributed by atoms with E-state index in [1.165, 1.54) is 6.08 Å². The minimum atomic E-state index is -0.910. The van der Waals surface area contributed by atoms with E-state index < -0.39 is 11.5 Å². The lowest BCUT2D eigenvalue weighted by atomic mass is 9.93. The van der Waals surface area contributed by atoms with E-state index in [2.05, 4.69) is 5.32 Å². The van der Waals surface area contributed by atoms with Crippen LogP contribution in [-0.2, 0) is 19.1 Å². The molecule has 0 fully saturated rings. The van der Waals surface area contributed by atoms with Crippen LogP contribution in [0.2, 0.25) is 0 Å². The molecule has 6 heteroatoms. The van der Waals surface area contributed by atoms with Crippen LogP contribution in [0.1, 0.15) is 19.8 Å². The van der Waals surface area contributed by atoms with Gasteiger partial charge in [-0.2, -0.15) is 0 Å². The molecule has 0 saturated carbocycles. The highest BCUT2D eigenvalue weighted by Crippen LogP contribution is 2.32. The van der Waals surface area contributed by atoms with Crippen LogP contribution in [0.4, 0.5) is 0 Å². The minimum absolute atomic E-state index is 0.167. The number of esters is 1. The highest BCUT2D eigenvalue weighted by Gasteiger charge is 2.46. The third kappa shape index (κ3) is 2.59. The first-order valence-corrected chi connectivity index (χ1v) is 6.67. The predicted octanol–water partition coefficient (Wildman–Crippen LogP) is 0.153. The van der Waals surface area contributed by atoms with Crippen molar-refractivity contribution in [2.24, 2.45) is 0 Å². The van der Waals surface area contributed by atoms with Gasteiger partial charge in [0, 0.05) is 12.6 Å². The summed E-state index contributed by atoms with van der Waals surface area (Å²) in [6.07, 6.45) is 7.91. The standard InChI is InChI=1S/C14H18N2O4/c1-2-20-12(18)10-15-13(19)14(7-3-4-8-14)16-9-5-6-11(16)17/h3-6H,2,7-10H2,1H3,(H,15,19). The predicted molar refractivity (Wildman–Crippen MR) is 71.6 cm³/mol. The molecule has 108 valence electrons. The van der Waals surface area contributed by atoms with Crippen LogP contribution in [0, 0.1) is 0 Å². The van der Waals surface area contributed by atoms with Crippen LogP contribution in [-0.4, -0.2) is 47.9 Å². The molecule has 2 amide bonds. The number of carbonyl (C=O) groups is 3. The molecule has 0 bridgehead atoms. The summed E-state index contributed by atoms with van der Waals surface area (Å²) in [6.45, 7) is 2.23. The van der Waals surface area contributed by atoms with Crippen molar-refractivity contribution in [1.29, 1.82) is 0 Å². The zero-order chi connectivity index (χ0) is 14.6. The molecule has 1 aliphatic heterocycles. The van der Waals surface area contributed by atoms with Gasteiger partial charge in [-0.15, -0.1) is 0 Å². The van der Waals surface area contributed by atoms with E-state index in [0.29, 0.717) is 19.4 Å². The van der Waals surface area contributed by atoms with E-state index in [1.807, 2.05) is 12.2 Å². The molecule has 2 rings (SSSR count). The van der Waals surface area contributed by atoms with Crippen molar-refractivity contribution in [3.05, 3.63) is 24.3 Å². The van der Waals surface area contributed by atoms with Crippen LogP contribution in [0.15, 0.2) is 24.3 Å². The summed E-state index contributed by atoms with van der Waals surface area (Å²) in [5.41, 5.74) is -0.910. The number of amides is 2. The van der Waals surface area contributed by atoms with Gasteiger partial charge in [0.05, 0.1) is 6.61 Å². The molecule has 0 aromatic carbocycles. The normalized spacial score (nSPS) is 19.4. The number of carbonyl (C=O) groups excluding carboxylic acids is 3. The fourth-order valence-corrected chi connectivity index (χ4v) is 2.52. The van der Waals surface area contributed by atoms with Gasteiger partial charge in [-0.3, -0.25) is 14.4 Å². The number of nitrogens with one attached hydrogen (secondary N) is 1. The topological polar surface area (TPSA) is 75.7 Å². The summed E-state index contributed by atoms with van der Waals surface area (Å²) in [7, 11) is 0. The Balaban J connectivity index is 2.03. The highest BCUT2D eigenvalue weighted by molar-refractivity contribution is 5.98. The van der Waals surface area contributed by atoms with Crippen molar-refractivity contribution in [3.8, 4) is 0 Å². The maximum absolute atomic E-state index is 12.4. The van der Waals surface area contributed by atoms with Gasteiger partial charge in [-0.25, -0.2) is 0 Å². The van der Waals surface area contributed by atoms with Gasteiger partial charge in [0.1, 0.15) is 12.1 Å². The van der Waals surface area contributed by atoms with Crippen molar-refractivity contribution in [3.63, 3.8) is 0 Å². The third-order valence-electron chi connectivity index (χ3n) is 3.53. The second-order valence-electron chi connectivity index (χ2n) is 4.75. The van der Waals surface area contributed by atoms with Crippen LogP contribution in [0.25, 0.3) is 0 Å². The Kier molecular flexibility index (Phi) is 4.22. The Morgan fingerprint density at radius 1 is 1.35 bits per heavy atom. The second-order valence-corrected chi connectivity index (χ2v) is 4.75. The average Bonchev–Trinajstić information content (AvgIpc) is 3.05. The van der Waals surface area contributed by atoms with E-state index in [4.69, 9.17) is 4.74 Å². The molecule has 20 heavy (non-hydrogen) atoms. The maximum atomic E-state index is 12.4. The lowest BCUT2D eigenvalue weighted by molar-refractivity contribution is -0.147. The Morgan fingerprint density at radius 2 is 2.05 bits per heavy atom. The molecule has 1 N–H and O–H groups in total. The van der Waals surface area contributed by atoms with Crippen LogP contribution < -0.4 is 5.32 Å². The third-order valence-corrected chi connectivity index (χ3v) is 3.53. The Morgan fingerprint density at radius 3 is 2.60 bits per heavy atom. The molecule has 1 aliphatic carbocycles. The fraction of sp³-hybridized carbons (Fsp3) is 0.500. The molecule has 6 nitrogen and oxygen atoms in total. The van der Waals surface area contributed by atoms with Gasteiger partial charge < -0.3 is 15.0 Å². The number of ether oxygens (including phenoxy) is 1. The number of nitrogens with zero attached hydrogens (tertiary/aromatic N) is 1.